The van der Waals surface area contributed by atoms with Crippen LogP contribution in [-0.2, 0) is 0 Å². The quantitative estimate of drug-likeness (QED) is 0.811. The average molecular weight is 253 g/mol. The van der Waals surface area contributed by atoms with Crippen molar-refractivity contribution < 1.29 is 14.3 Å². The Labute approximate surface area is 107 Å². The molecular weight excluding hydrogens is 233 g/mol. The zero-order valence-electron chi connectivity index (χ0n) is 11.0. The number of hydrogen-bond acceptors (Lipinski definition) is 2. The highest BCUT2D eigenvalue weighted by Crippen LogP contribution is 2.22. The van der Waals surface area contributed by atoms with E-state index in [2.05, 4.69) is 19.2 Å². The summed E-state index contributed by atoms with van der Waals surface area (Å²) in [4.78, 5) is 11.1. The summed E-state index contributed by atoms with van der Waals surface area (Å²) in [6.45, 7) is 6.23. The third-order valence-corrected chi connectivity index (χ3v) is 3.35. The molecule has 0 amide bonds. The molecule has 0 radical (unpaired) electrons. The van der Waals surface area contributed by atoms with Crippen LogP contribution in [0.3, 0.4) is 0 Å². The van der Waals surface area contributed by atoms with E-state index in [4.69, 9.17) is 5.11 Å². The molecule has 1 aromatic carbocycles. The van der Waals surface area contributed by atoms with E-state index in [1.165, 1.54) is 12.1 Å². The van der Waals surface area contributed by atoms with Crippen LogP contribution < -0.4 is 5.32 Å². The van der Waals surface area contributed by atoms with Crippen LogP contribution in [0.25, 0.3) is 0 Å². The summed E-state index contributed by atoms with van der Waals surface area (Å²) in [5.41, 5.74) is 0.455. The Hall–Kier alpha value is -1.58. The number of carboxylic acids is 1. The second-order valence-electron chi connectivity index (χ2n) is 4.50. The van der Waals surface area contributed by atoms with Gasteiger partial charge >= 0.3 is 5.97 Å². The van der Waals surface area contributed by atoms with E-state index in [9.17, 15) is 9.18 Å². The van der Waals surface area contributed by atoms with Gasteiger partial charge in [0.05, 0.1) is 5.56 Å². The molecule has 1 unspecified atom stereocenters. The molecule has 0 aromatic heterocycles. The first-order valence-corrected chi connectivity index (χ1v) is 6.28. The monoisotopic (exact) mass is 253 g/mol. The van der Waals surface area contributed by atoms with Gasteiger partial charge in [0.2, 0.25) is 0 Å². The summed E-state index contributed by atoms with van der Waals surface area (Å²) in [5.74, 6) is -1.18. The number of hydrogen-bond donors (Lipinski definition) is 2. The Morgan fingerprint density at radius 3 is 2.50 bits per heavy atom. The molecule has 18 heavy (non-hydrogen) atoms. The largest absolute Gasteiger partial charge is 0.478 e. The first-order chi connectivity index (χ1) is 8.49. The maximum atomic E-state index is 13.0. The number of rotatable bonds is 6. The highest BCUT2D eigenvalue weighted by Gasteiger charge is 2.17. The lowest BCUT2D eigenvalue weighted by molar-refractivity contribution is 0.0697. The topological polar surface area (TPSA) is 49.3 Å². The molecule has 0 fully saturated rings. The van der Waals surface area contributed by atoms with Gasteiger partial charge < -0.3 is 10.4 Å². The Morgan fingerprint density at radius 1 is 1.39 bits per heavy atom. The second-order valence-corrected chi connectivity index (χ2v) is 4.50. The Kier molecular flexibility index (Phi) is 5.13. The number of benzene rings is 1. The van der Waals surface area contributed by atoms with Crippen molar-refractivity contribution in [3.63, 3.8) is 0 Å². The highest BCUT2D eigenvalue weighted by molar-refractivity contribution is 5.94. The number of halogens is 1. The van der Waals surface area contributed by atoms with Gasteiger partial charge in [-0.2, -0.15) is 0 Å². The lowest BCUT2D eigenvalue weighted by Gasteiger charge is -2.24. The Balaban J connectivity index is 2.93. The molecule has 0 spiro atoms. The van der Waals surface area contributed by atoms with Gasteiger partial charge in [-0.05, 0) is 31.0 Å². The van der Waals surface area contributed by atoms with Crippen molar-refractivity contribution in [2.24, 2.45) is 5.92 Å². The van der Waals surface area contributed by atoms with Crippen molar-refractivity contribution >= 4 is 11.7 Å². The van der Waals surface area contributed by atoms with E-state index in [-0.39, 0.29) is 11.6 Å². The maximum absolute atomic E-state index is 13.0. The number of aromatic carboxylic acids is 1. The first kappa shape index (κ1) is 14.5. The van der Waals surface area contributed by atoms with Crippen LogP contribution >= 0.6 is 0 Å². The standard InChI is InChI=1S/C14H20FNO2/c1-4-10(5-2)9(3)16-13-7-6-11(15)8-12(13)14(17)18/h6-10,16H,4-5H2,1-3H3,(H,17,18). The van der Waals surface area contributed by atoms with Crippen molar-refractivity contribution in [3.05, 3.63) is 29.6 Å². The predicted molar refractivity (Wildman–Crippen MR) is 70.5 cm³/mol. The third kappa shape index (κ3) is 3.45. The Bertz CT molecular complexity index is 416. The molecule has 0 bridgehead atoms. The summed E-state index contributed by atoms with van der Waals surface area (Å²) in [5, 5.41) is 12.2. The lowest BCUT2D eigenvalue weighted by Crippen LogP contribution is -2.26. The summed E-state index contributed by atoms with van der Waals surface area (Å²) in [7, 11) is 0. The maximum Gasteiger partial charge on any atom is 0.337 e. The molecule has 1 atom stereocenters. The molecule has 3 nitrogen and oxygen atoms in total. The molecule has 0 aliphatic rings. The van der Waals surface area contributed by atoms with Gasteiger partial charge in [-0.15, -0.1) is 0 Å². The molecule has 2 N–H and O–H groups in total. The van der Waals surface area contributed by atoms with Crippen molar-refractivity contribution in [1.29, 1.82) is 0 Å². The molecule has 1 rings (SSSR count). The van der Waals surface area contributed by atoms with Gasteiger partial charge in [-0.1, -0.05) is 26.7 Å². The molecule has 0 saturated heterocycles. The van der Waals surface area contributed by atoms with Crippen molar-refractivity contribution in [2.75, 3.05) is 5.32 Å². The molecule has 4 heteroatoms. The normalized spacial score (nSPS) is 12.5. The van der Waals surface area contributed by atoms with Crippen molar-refractivity contribution in [3.8, 4) is 0 Å². The number of anilines is 1. The molecule has 100 valence electrons. The van der Waals surface area contributed by atoms with Crippen LogP contribution in [-0.4, -0.2) is 17.1 Å². The van der Waals surface area contributed by atoms with E-state index in [0.29, 0.717) is 11.6 Å². The van der Waals surface area contributed by atoms with E-state index in [1.807, 2.05) is 6.92 Å². The smallest absolute Gasteiger partial charge is 0.337 e. The van der Waals surface area contributed by atoms with E-state index < -0.39 is 11.8 Å². The summed E-state index contributed by atoms with van der Waals surface area (Å²) >= 11 is 0. The minimum Gasteiger partial charge on any atom is -0.478 e. The zero-order chi connectivity index (χ0) is 13.7. The Morgan fingerprint density at radius 2 is 2.00 bits per heavy atom. The molecular formula is C14H20FNO2. The predicted octanol–water partition coefficient (Wildman–Crippen LogP) is 3.76. The number of carbonyl (C=O) groups is 1. The van der Waals surface area contributed by atoms with Crippen LogP contribution in [0.2, 0.25) is 0 Å². The van der Waals surface area contributed by atoms with Gasteiger partial charge in [0.25, 0.3) is 0 Å². The fourth-order valence-electron chi connectivity index (χ4n) is 2.18. The van der Waals surface area contributed by atoms with Gasteiger partial charge in [-0.25, -0.2) is 9.18 Å². The molecule has 0 aliphatic heterocycles. The third-order valence-electron chi connectivity index (χ3n) is 3.35. The zero-order valence-corrected chi connectivity index (χ0v) is 11.0. The fourth-order valence-corrected chi connectivity index (χ4v) is 2.18. The van der Waals surface area contributed by atoms with Gasteiger partial charge in [0.15, 0.2) is 0 Å². The fraction of sp³-hybridized carbons (Fsp3) is 0.500. The molecule has 0 saturated carbocycles. The van der Waals surface area contributed by atoms with E-state index in [1.54, 1.807) is 0 Å². The van der Waals surface area contributed by atoms with Crippen LogP contribution in [0.15, 0.2) is 18.2 Å². The van der Waals surface area contributed by atoms with Gasteiger partial charge in [0.1, 0.15) is 5.82 Å². The van der Waals surface area contributed by atoms with Gasteiger partial charge in [-0.3, -0.25) is 0 Å². The lowest BCUT2D eigenvalue weighted by atomic mass is 9.95. The van der Waals surface area contributed by atoms with Gasteiger partial charge in [0, 0.05) is 11.7 Å². The second kappa shape index (κ2) is 6.38. The molecule has 0 aliphatic carbocycles. The van der Waals surface area contributed by atoms with E-state index >= 15 is 0 Å². The summed E-state index contributed by atoms with van der Waals surface area (Å²) in [6.07, 6.45) is 2.04. The van der Waals surface area contributed by atoms with Crippen molar-refractivity contribution in [2.45, 2.75) is 39.7 Å². The first-order valence-electron chi connectivity index (χ1n) is 6.28. The van der Waals surface area contributed by atoms with Crippen molar-refractivity contribution in [1.82, 2.24) is 0 Å². The van der Waals surface area contributed by atoms with E-state index in [0.717, 1.165) is 18.9 Å². The number of nitrogens with one attached hydrogen (secondary N) is 1. The SMILES string of the molecule is CCC(CC)C(C)Nc1ccc(F)cc1C(=O)O. The van der Waals surface area contributed by atoms with Crippen LogP contribution in [0.4, 0.5) is 10.1 Å². The van der Waals surface area contributed by atoms with Crippen LogP contribution in [0, 0.1) is 11.7 Å². The number of carboxylic acid groups (broad SMARTS) is 1. The van der Waals surface area contributed by atoms with Crippen LogP contribution in [0.1, 0.15) is 44.0 Å². The average Bonchev–Trinajstić information content (AvgIpc) is 2.32. The summed E-state index contributed by atoms with van der Waals surface area (Å²) in [6, 6.07) is 3.96. The minimum absolute atomic E-state index is 0.0205. The summed E-state index contributed by atoms with van der Waals surface area (Å²) < 4.78 is 13.0. The minimum atomic E-state index is -1.12. The molecule has 1 aromatic rings. The highest BCUT2D eigenvalue weighted by atomic mass is 19.1. The van der Waals surface area contributed by atoms with Crippen LogP contribution in [0.5, 0.6) is 0 Å². The molecule has 0 heterocycles.